The van der Waals surface area contributed by atoms with E-state index in [0.29, 0.717) is 0 Å². The third kappa shape index (κ3) is 4.01. The Morgan fingerprint density at radius 2 is 1.96 bits per heavy atom. The van der Waals surface area contributed by atoms with Crippen molar-refractivity contribution in [1.29, 1.82) is 10.5 Å². The second-order valence-corrected chi connectivity index (χ2v) is 6.51. The summed E-state index contributed by atoms with van der Waals surface area (Å²) in [6, 6.07) is 7.49. The van der Waals surface area contributed by atoms with E-state index in [0.717, 1.165) is 0 Å². The highest BCUT2D eigenvalue weighted by Gasteiger charge is 2.31. The van der Waals surface area contributed by atoms with Crippen LogP contribution in [-0.4, -0.2) is 28.6 Å². The number of hydrogen-bond acceptors (Lipinski definition) is 6. The van der Waals surface area contributed by atoms with Crippen LogP contribution in [0.5, 0.6) is 0 Å². The summed E-state index contributed by atoms with van der Waals surface area (Å²) in [5.41, 5.74) is -1.08. The van der Waals surface area contributed by atoms with E-state index in [1.807, 2.05) is 12.1 Å². The molecule has 0 spiro atoms. The number of nitriles is 2. The van der Waals surface area contributed by atoms with Gasteiger partial charge in [0.2, 0.25) is 5.88 Å². The van der Waals surface area contributed by atoms with E-state index in [1.54, 1.807) is 49.9 Å². The zero-order valence-corrected chi connectivity index (χ0v) is 15.6. The van der Waals surface area contributed by atoms with Crippen molar-refractivity contribution in [2.75, 3.05) is 6.61 Å². The minimum Gasteiger partial charge on any atom is -0.452 e. The molecule has 0 unspecified atom stereocenters. The quantitative estimate of drug-likeness (QED) is 0.782. The third-order valence-corrected chi connectivity index (χ3v) is 4.34. The minimum absolute atomic E-state index is 0.0261. The number of hydrogen-bond donors (Lipinski definition) is 1. The normalized spacial score (nSPS) is 12.7. The summed E-state index contributed by atoms with van der Waals surface area (Å²) >= 11 is 0. The largest absolute Gasteiger partial charge is 0.452 e. The Labute approximate surface area is 156 Å². The lowest BCUT2D eigenvalue weighted by Gasteiger charge is -2.27. The van der Waals surface area contributed by atoms with Crippen LogP contribution >= 0.6 is 0 Å². The molecule has 0 fully saturated rings. The van der Waals surface area contributed by atoms with E-state index in [4.69, 9.17) is 9.15 Å². The van der Waals surface area contributed by atoms with Crippen molar-refractivity contribution in [3.8, 4) is 18.0 Å². The molecule has 8 nitrogen and oxygen atoms in total. The Kier molecular flexibility index (Phi) is 5.72. The van der Waals surface area contributed by atoms with Gasteiger partial charge in [-0.05, 0) is 31.9 Å². The first-order chi connectivity index (χ1) is 12.7. The highest BCUT2D eigenvalue weighted by Crippen LogP contribution is 2.26. The molecule has 0 aliphatic rings. The number of aromatic nitrogens is 1. The Balaban J connectivity index is 2.15. The molecule has 0 aliphatic carbocycles. The van der Waals surface area contributed by atoms with Crippen LogP contribution in [0.3, 0.4) is 0 Å². The molecule has 0 aromatic carbocycles. The SMILES string of the molecule is Cc1oc(-n2cccc2)c(C#N)c1C(=O)OCC(=O)N[C@@](C)(C#N)C(C)C. The van der Waals surface area contributed by atoms with Crippen LogP contribution in [-0.2, 0) is 9.53 Å². The Morgan fingerprint density at radius 3 is 2.48 bits per heavy atom. The smallest absolute Gasteiger partial charge is 0.343 e. The van der Waals surface area contributed by atoms with Gasteiger partial charge in [-0.3, -0.25) is 9.36 Å². The zero-order valence-electron chi connectivity index (χ0n) is 15.6. The molecule has 27 heavy (non-hydrogen) atoms. The monoisotopic (exact) mass is 368 g/mol. The van der Waals surface area contributed by atoms with Crippen LogP contribution in [0.1, 0.15) is 42.5 Å². The van der Waals surface area contributed by atoms with E-state index >= 15 is 0 Å². The number of nitrogens with one attached hydrogen (secondary N) is 1. The predicted octanol–water partition coefficient (Wildman–Crippen LogP) is 2.46. The maximum absolute atomic E-state index is 12.4. The molecule has 1 amide bonds. The number of carbonyl (C=O) groups is 2. The second-order valence-electron chi connectivity index (χ2n) is 6.51. The van der Waals surface area contributed by atoms with Crippen LogP contribution < -0.4 is 5.32 Å². The molecule has 2 heterocycles. The molecule has 0 bridgehead atoms. The van der Waals surface area contributed by atoms with Gasteiger partial charge < -0.3 is 14.5 Å². The Bertz CT molecular complexity index is 928. The van der Waals surface area contributed by atoms with Crippen molar-refractivity contribution in [1.82, 2.24) is 9.88 Å². The van der Waals surface area contributed by atoms with Gasteiger partial charge in [-0.2, -0.15) is 10.5 Å². The maximum atomic E-state index is 12.4. The van der Waals surface area contributed by atoms with Gasteiger partial charge in [-0.25, -0.2) is 4.79 Å². The van der Waals surface area contributed by atoms with Crippen molar-refractivity contribution in [2.24, 2.45) is 5.92 Å². The fourth-order valence-electron chi connectivity index (χ4n) is 2.36. The molecule has 1 atom stereocenters. The number of rotatable bonds is 6. The molecule has 0 radical (unpaired) electrons. The number of esters is 1. The summed E-state index contributed by atoms with van der Waals surface area (Å²) in [6.45, 7) is 6.15. The topological polar surface area (TPSA) is 121 Å². The maximum Gasteiger partial charge on any atom is 0.343 e. The molecule has 140 valence electrons. The average Bonchev–Trinajstić information content (AvgIpc) is 3.26. The molecular weight excluding hydrogens is 348 g/mol. The van der Waals surface area contributed by atoms with Crippen molar-refractivity contribution >= 4 is 11.9 Å². The van der Waals surface area contributed by atoms with Crippen LogP contribution in [0, 0.1) is 35.5 Å². The zero-order chi connectivity index (χ0) is 20.2. The number of ether oxygens (including phenoxy) is 1. The summed E-state index contributed by atoms with van der Waals surface area (Å²) in [5.74, 6) is -1.17. The molecule has 2 aromatic rings. The molecular formula is C19H20N4O4. The van der Waals surface area contributed by atoms with E-state index in [-0.39, 0.29) is 28.7 Å². The summed E-state index contributed by atoms with van der Waals surface area (Å²) in [7, 11) is 0. The van der Waals surface area contributed by atoms with Gasteiger partial charge in [0, 0.05) is 12.4 Å². The van der Waals surface area contributed by atoms with Crippen LogP contribution in [0.2, 0.25) is 0 Å². The van der Waals surface area contributed by atoms with Gasteiger partial charge in [-0.1, -0.05) is 13.8 Å². The fourth-order valence-corrected chi connectivity index (χ4v) is 2.36. The number of carbonyl (C=O) groups excluding carboxylic acids is 2. The van der Waals surface area contributed by atoms with E-state index in [2.05, 4.69) is 5.32 Å². The van der Waals surface area contributed by atoms with Crippen molar-refractivity contribution in [2.45, 2.75) is 33.2 Å². The lowest BCUT2D eigenvalue weighted by molar-refractivity contribution is -0.125. The van der Waals surface area contributed by atoms with E-state index in [1.165, 1.54) is 6.92 Å². The molecule has 2 rings (SSSR count). The van der Waals surface area contributed by atoms with Crippen LogP contribution in [0.15, 0.2) is 28.9 Å². The Hall–Kier alpha value is -3.52. The third-order valence-electron chi connectivity index (χ3n) is 4.34. The molecule has 2 aromatic heterocycles. The van der Waals surface area contributed by atoms with E-state index < -0.39 is 24.0 Å². The number of amides is 1. The van der Waals surface area contributed by atoms with Crippen molar-refractivity contribution in [3.05, 3.63) is 41.4 Å². The van der Waals surface area contributed by atoms with Crippen LogP contribution in [0.25, 0.3) is 5.88 Å². The highest BCUT2D eigenvalue weighted by atomic mass is 16.5. The fraction of sp³-hybridized carbons (Fsp3) is 0.368. The first-order valence-electron chi connectivity index (χ1n) is 8.29. The van der Waals surface area contributed by atoms with Gasteiger partial charge in [0.15, 0.2) is 6.61 Å². The molecule has 0 aliphatic heterocycles. The Morgan fingerprint density at radius 1 is 1.33 bits per heavy atom. The number of nitrogens with zero attached hydrogens (tertiary/aromatic N) is 3. The lowest BCUT2D eigenvalue weighted by atomic mass is 9.90. The number of furan rings is 1. The van der Waals surface area contributed by atoms with Crippen molar-refractivity contribution < 1.29 is 18.7 Å². The van der Waals surface area contributed by atoms with Gasteiger partial charge in [0.05, 0.1) is 6.07 Å². The predicted molar refractivity (Wildman–Crippen MR) is 94.8 cm³/mol. The molecule has 8 heteroatoms. The summed E-state index contributed by atoms with van der Waals surface area (Å²) in [5, 5.41) is 21.2. The van der Waals surface area contributed by atoms with Gasteiger partial charge >= 0.3 is 5.97 Å². The molecule has 1 N–H and O–H groups in total. The first-order valence-corrected chi connectivity index (χ1v) is 8.29. The molecule has 0 saturated heterocycles. The lowest BCUT2D eigenvalue weighted by Crippen LogP contribution is -2.50. The average molecular weight is 368 g/mol. The van der Waals surface area contributed by atoms with Crippen LogP contribution in [0.4, 0.5) is 0 Å². The first kappa shape index (κ1) is 19.8. The standard InChI is InChI=1S/C19H20N4O4/c1-12(2)19(4,11-21)22-15(24)10-26-18(25)16-13(3)27-17(14(16)9-20)23-7-5-6-8-23/h5-8,12H,10H2,1-4H3,(H,22,24)/t19-/m0/s1. The minimum atomic E-state index is -1.07. The highest BCUT2D eigenvalue weighted by molar-refractivity contribution is 5.95. The summed E-state index contributed by atoms with van der Waals surface area (Å²) in [4.78, 5) is 24.5. The summed E-state index contributed by atoms with van der Waals surface area (Å²) < 4.78 is 12.1. The summed E-state index contributed by atoms with van der Waals surface area (Å²) in [6.07, 6.45) is 3.35. The van der Waals surface area contributed by atoms with Gasteiger partial charge in [0.25, 0.3) is 5.91 Å². The second kappa shape index (κ2) is 7.79. The van der Waals surface area contributed by atoms with Gasteiger partial charge in [-0.15, -0.1) is 0 Å². The number of aryl methyl sites for hydroxylation is 1. The van der Waals surface area contributed by atoms with E-state index in [9.17, 15) is 20.1 Å². The van der Waals surface area contributed by atoms with Crippen molar-refractivity contribution in [3.63, 3.8) is 0 Å². The molecule has 0 saturated carbocycles. The van der Waals surface area contributed by atoms with Gasteiger partial charge in [0.1, 0.15) is 28.5 Å².